The molecule has 0 spiro atoms. The Morgan fingerprint density at radius 2 is 1.92 bits per heavy atom. The molecule has 24 heavy (non-hydrogen) atoms. The Kier molecular flexibility index (Phi) is 4.10. The van der Waals surface area contributed by atoms with E-state index in [-0.39, 0.29) is 12.3 Å². The molecule has 0 fully saturated rings. The summed E-state index contributed by atoms with van der Waals surface area (Å²) in [5, 5.41) is 3.37. The number of nitrogens with one attached hydrogen (secondary N) is 1. The Labute approximate surface area is 145 Å². The maximum absolute atomic E-state index is 12.7. The Morgan fingerprint density at radius 1 is 1.17 bits per heavy atom. The fourth-order valence-corrected chi connectivity index (χ4v) is 2.97. The molecule has 4 nitrogen and oxygen atoms in total. The molecule has 1 amide bonds. The second-order valence-corrected chi connectivity index (χ2v) is 6.79. The molecule has 2 aromatic carbocycles. The van der Waals surface area contributed by atoms with Gasteiger partial charge in [-0.2, -0.15) is 0 Å². The number of ether oxygens (including phenoxy) is 1. The van der Waals surface area contributed by atoms with Crippen LogP contribution < -0.4 is 5.32 Å². The summed E-state index contributed by atoms with van der Waals surface area (Å²) < 4.78 is 5.43. The maximum Gasteiger partial charge on any atom is 0.339 e. The van der Waals surface area contributed by atoms with Crippen LogP contribution in [0.15, 0.2) is 36.4 Å². The normalized spacial score (nSPS) is 19.4. The third kappa shape index (κ3) is 3.02. The van der Waals surface area contributed by atoms with E-state index in [0.29, 0.717) is 16.3 Å². The van der Waals surface area contributed by atoms with Gasteiger partial charge < -0.3 is 10.1 Å². The van der Waals surface area contributed by atoms with E-state index in [1.54, 1.807) is 25.1 Å². The first-order chi connectivity index (χ1) is 11.3. The van der Waals surface area contributed by atoms with Crippen LogP contribution in [0.1, 0.15) is 34.0 Å². The van der Waals surface area contributed by atoms with Gasteiger partial charge in [0, 0.05) is 17.1 Å². The lowest BCUT2D eigenvalue weighted by Gasteiger charge is -2.33. The molecule has 1 aliphatic rings. The van der Waals surface area contributed by atoms with Gasteiger partial charge in [0.25, 0.3) is 5.91 Å². The SMILES string of the molecule is Cc1ccc(NC(=O)C2(C)Cc3cc(Cl)ccc3C(=O)O2)cc1C. The molecule has 2 aromatic rings. The fourth-order valence-electron chi connectivity index (χ4n) is 2.78. The highest BCUT2D eigenvalue weighted by Crippen LogP contribution is 2.31. The molecule has 0 saturated heterocycles. The van der Waals surface area contributed by atoms with E-state index in [1.807, 2.05) is 32.0 Å². The summed E-state index contributed by atoms with van der Waals surface area (Å²) in [4.78, 5) is 24.9. The van der Waals surface area contributed by atoms with Crippen molar-refractivity contribution < 1.29 is 14.3 Å². The molecule has 0 radical (unpaired) electrons. The van der Waals surface area contributed by atoms with Gasteiger partial charge in [0.1, 0.15) is 0 Å². The molecule has 0 saturated carbocycles. The first kappa shape index (κ1) is 16.5. The largest absolute Gasteiger partial charge is 0.445 e. The number of carbonyl (C=O) groups excluding carboxylic acids is 2. The fraction of sp³-hybridized carbons (Fsp3) is 0.263. The molecular formula is C19H18ClNO3. The van der Waals surface area contributed by atoms with E-state index in [9.17, 15) is 9.59 Å². The van der Waals surface area contributed by atoms with Gasteiger partial charge in [0.2, 0.25) is 0 Å². The van der Waals surface area contributed by atoms with Crippen molar-refractivity contribution in [3.8, 4) is 0 Å². The standard InChI is InChI=1S/C19H18ClNO3/c1-11-4-6-15(8-12(11)2)21-18(23)19(3)10-13-9-14(20)5-7-16(13)17(22)24-19/h4-9H,10H2,1-3H3,(H,21,23). The van der Waals surface area contributed by atoms with Crippen LogP contribution >= 0.6 is 11.6 Å². The molecule has 1 aliphatic heterocycles. The first-order valence-electron chi connectivity index (χ1n) is 7.69. The minimum atomic E-state index is -1.27. The zero-order chi connectivity index (χ0) is 17.5. The Morgan fingerprint density at radius 3 is 2.62 bits per heavy atom. The lowest BCUT2D eigenvalue weighted by Crippen LogP contribution is -2.48. The summed E-state index contributed by atoms with van der Waals surface area (Å²) in [6, 6.07) is 10.6. The van der Waals surface area contributed by atoms with Crippen LogP contribution in [-0.4, -0.2) is 17.5 Å². The molecule has 0 aliphatic carbocycles. The lowest BCUT2D eigenvalue weighted by atomic mass is 9.89. The quantitative estimate of drug-likeness (QED) is 0.836. The van der Waals surface area contributed by atoms with E-state index < -0.39 is 11.6 Å². The third-order valence-corrected chi connectivity index (χ3v) is 4.61. The van der Waals surface area contributed by atoms with Crippen molar-refractivity contribution >= 4 is 29.2 Å². The van der Waals surface area contributed by atoms with Gasteiger partial charge in [0.15, 0.2) is 5.60 Å². The molecule has 1 N–H and O–H groups in total. The number of aryl methyl sites for hydroxylation is 2. The number of hydrogen-bond donors (Lipinski definition) is 1. The molecule has 1 unspecified atom stereocenters. The molecule has 124 valence electrons. The van der Waals surface area contributed by atoms with Crippen molar-refractivity contribution in [2.75, 3.05) is 5.32 Å². The summed E-state index contributed by atoms with van der Waals surface area (Å²) in [7, 11) is 0. The summed E-state index contributed by atoms with van der Waals surface area (Å²) in [5.41, 5.74) is 2.81. The first-order valence-corrected chi connectivity index (χ1v) is 8.07. The summed E-state index contributed by atoms with van der Waals surface area (Å²) in [6.07, 6.45) is 0.283. The number of carbonyl (C=O) groups is 2. The topological polar surface area (TPSA) is 55.4 Å². The average molecular weight is 344 g/mol. The molecule has 0 bridgehead atoms. The van der Waals surface area contributed by atoms with Crippen molar-refractivity contribution in [2.45, 2.75) is 32.8 Å². The summed E-state index contributed by atoms with van der Waals surface area (Å²) in [5.74, 6) is -0.865. The van der Waals surface area contributed by atoms with E-state index in [2.05, 4.69) is 5.32 Å². The predicted molar refractivity (Wildman–Crippen MR) is 93.5 cm³/mol. The van der Waals surface area contributed by atoms with Crippen LogP contribution in [0.5, 0.6) is 0 Å². The van der Waals surface area contributed by atoms with Crippen molar-refractivity contribution in [3.05, 3.63) is 63.7 Å². The average Bonchev–Trinajstić information content (AvgIpc) is 2.50. The van der Waals surface area contributed by atoms with E-state index in [4.69, 9.17) is 16.3 Å². The number of anilines is 1. The lowest BCUT2D eigenvalue weighted by molar-refractivity contribution is -0.134. The van der Waals surface area contributed by atoms with Gasteiger partial charge in [-0.15, -0.1) is 0 Å². The predicted octanol–water partition coefficient (Wildman–Crippen LogP) is 4.07. The smallest absolute Gasteiger partial charge is 0.339 e. The van der Waals surface area contributed by atoms with E-state index >= 15 is 0 Å². The van der Waals surface area contributed by atoms with Gasteiger partial charge in [-0.3, -0.25) is 4.79 Å². The van der Waals surface area contributed by atoms with Crippen LogP contribution in [0.3, 0.4) is 0 Å². The van der Waals surface area contributed by atoms with Gasteiger partial charge >= 0.3 is 5.97 Å². The van der Waals surface area contributed by atoms with E-state index in [0.717, 1.165) is 16.7 Å². The van der Waals surface area contributed by atoms with Crippen molar-refractivity contribution in [2.24, 2.45) is 0 Å². The second kappa shape index (κ2) is 5.95. The van der Waals surface area contributed by atoms with Gasteiger partial charge in [-0.1, -0.05) is 17.7 Å². The maximum atomic E-state index is 12.7. The summed E-state index contributed by atoms with van der Waals surface area (Å²) in [6.45, 7) is 5.60. The highest BCUT2D eigenvalue weighted by atomic mass is 35.5. The number of cyclic esters (lactones) is 1. The molecule has 1 atom stereocenters. The number of amides is 1. The van der Waals surface area contributed by atoms with Gasteiger partial charge in [0.05, 0.1) is 5.56 Å². The Bertz CT molecular complexity index is 847. The number of hydrogen-bond acceptors (Lipinski definition) is 3. The highest BCUT2D eigenvalue weighted by Gasteiger charge is 2.42. The molecule has 0 aromatic heterocycles. The minimum Gasteiger partial charge on any atom is -0.445 e. The molecular weight excluding hydrogens is 326 g/mol. The summed E-state index contributed by atoms with van der Waals surface area (Å²) >= 11 is 6.01. The zero-order valence-corrected chi connectivity index (χ0v) is 14.5. The Balaban J connectivity index is 1.86. The van der Waals surface area contributed by atoms with Gasteiger partial charge in [-0.25, -0.2) is 4.79 Å². The third-order valence-electron chi connectivity index (χ3n) is 4.38. The Hall–Kier alpha value is -2.33. The molecule has 1 heterocycles. The second-order valence-electron chi connectivity index (χ2n) is 6.35. The molecule has 3 rings (SSSR count). The van der Waals surface area contributed by atoms with Crippen LogP contribution in [0.4, 0.5) is 5.69 Å². The zero-order valence-electron chi connectivity index (χ0n) is 13.8. The van der Waals surface area contributed by atoms with Crippen LogP contribution in [-0.2, 0) is 16.0 Å². The number of rotatable bonds is 2. The number of esters is 1. The monoisotopic (exact) mass is 343 g/mol. The van der Waals surface area contributed by atoms with Crippen molar-refractivity contribution in [1.29, 1.82) is 0 Å². The van der Waals surface area contributed by atoms with Crippen LogP contribution in [0.25, 0.3) is 0 Å². The van der Waals surface area contributed by atoms with E-state index in [1.165, 1.54) is 0 Å². The number of fused-ring (bicyclic) bond motifs is 1. The van der Waals surface area contributed by atoms with Crippen LogP contribution in [0, 0.1) is 13.8 Å². The number of halogens is 1. The van der Waals surface area contributed by atoms with Crippen molar-refractivity contribution in [3.63, 3.8) is 0 Å². The van der Waals surface area contributed by atoms with Gasteiger partial charge in [-0.05, 0) is 67.8 Å². The molecule has 5 heteroatoms. The number of benzene rings is 2. The highest BCUT2D eigenvalue weighted by molar-refractivity contribution is 6.30. The van der Waals surface area contributed by atoms with Crippen molar-refractivity contribution in [1.82, 2.24) is 0 Å². The minimum absolute atomic E-state index is 0.283. The van der Waals surface area contributed by atoms with Crippen LogP contribution in [0.2, 0.25) is 5.02 Å².